The first kappa shape index (κ1) is 13.6. The Labute approximate surface area is 120 Å². The van der Waals surface area contributed by atoms with Crippen molar-refractivity contribution in [2.75, 3.05) is 12.4 Å². The number of aryl methyl sites for hydroxylation is 1. The van der Waals surface area contributed by atoms with Gasteiger partial charge in [-0.05, 0) is 48.9 Å². The third kappa shape index (κ3) is 3.35. The lowest BCUT2D eigenvalue weighted by Gasteiger charge is -2.11. The molecular formula is C15H14BrNO2. The van der Waals surface area contributed by atoms with E-state index in [1.807, 2.05) is 37.3 Å². The van der Waals surface area contributed by atoms with E-state index < -0.39 is 0 Å². The smallest absolute Gasteiger partial charge is 0.255 e. The maximum atomic E-state index is 12.1. The first-order chi connectivity index (χ1) is 9.10. The Morgan fingerprint density at radius 1 is 1.16 bits per heavy atom. The summed E-state index contributed by atoms with van der Waals surface area (Å²) in [7, 11) is 1.59. The Balaban J connectivity index is 2.21. The van der Waals surface area contributed by atoms with E-state index in [9.17, 15) is 4.79 Å². The summed E-state index contributed by atoms with van der Waals surface area (Å²) in [6.45, 7) is 1.98. The zero-order valence-corrected chi connectivity index (χ0v) is 12.3. The molecule has 0 aromatic heterocycles. The lowest BCUT2D eigenvalue weighted by atomic mass is 10.2. The monoisotopic (exact) mass is 319 g/mol. The summed E-state index contributed by atoms with van der Waals surface area (Å²) in [6, 6.07) is 12.9. The highest BCUT2D eigenvalue weighted by atomic mass is 79.9. The minimum atomic E-state index is -0.158. The van der Waals surface area contributed by atoms with Gasteiger partial charge in [0.2, 0.25) is 0 Å². The van der Waals surface area contributed by atoms with Gasteiger partial charge in [-0.15, -0.1) is 0 Å². The van der Waals surface area contributed by atoms with Crippen LogP contribution in [0.15, 0.2) is 46.9 Å². The van der Waals surface area contributed by atoms with Crippen LogP contribution in [0.5, 0.6) is 5.75 Å². The summed E-state index contributed by atoms with van der Waals surface area (Å²) in [5, 5.41) is 2.85. The fraction of sp³-hybridized carbons (Fsp3) is 0.133. The number of benzene rings is 2. The van der Waals surface area contributed by atoms with Crippen LogP contribution >= 0.6 is 15.9 Å². The van der Waals surface area contributed by atoms with Gasteiger partial charge in [0.1, 0.15) is 5.75 Å². The molecule has 0 heterocycles. The first-order valence-electron chi connectivity index (χ1n) is 5.81. The van der Waals surface area contributed by atoms with Gasteiger partial charge in [0.05, 0.1) is 12.8 Å². The molecule has 0 spiro atoms. The van der Waals surface area contributed by atoms with Crippen LogP contribution in [0.1, 0.15) is 15.9 Å². The van der Waals surface area contributed by atoms with Gasteiger partial charge >= 0.3 is 0 Å². The number of rotatable bonds is 3. The van der Waals surface area contributed by atoms with E-state index in [0.29, 0.717) is 17.0 Å². The Kier molecular flexibility index (Phi) is 4.22. The molecule has 0 unspecified atom stereocenters. The minimum absolute atomic E-state index is 0.158. The van der Waals surface area contributed by atoms with Gasteiger partial charge in [-0.2, -0.15) is 0 Å². The van der Waals surface area contributed by atoms with Crippen molar-refractivity contribution in [2.24, 2.45) is 0 Å². The van der Waals surface area contributed by atoms with E-state index in [1.54, 1.807) is 19.2 Å². The van der Waals surface area contributed by atoms with E-state index in [0.717, 1.165) is 10.0 Å². The van der Waals surface area contributed by atoms with Gasteiger partial charge in [-0.1, -0.05) is 22.0 Å². The van der Waals surface area contributed by atoms with Crippen molar-refractivity contribution in [1.29, 1.82) is 0 Å². The third-order valence-electron chi connectivity index (χ3n) is 2.71. The molecule has 0 aliphatic rings. The molecule has 98 valence electrons. The lowest BCUT2D eigenvalue weighted by Crippen LogP contribution is -2.12. The zero-order chi connectivity index (χ0) is 13.8. The molecule has 0 aliphatic heterocycles. The number of ether oxygens (including phenoxy) is 1. The molecule has 0 aliphatic carbocycles. The van der Waals surface area contributed by atoms with Crippen LogP contribution < -0.4 is 10.1 Å². The molecule has 1 N–H and O–H groups in total. The highest BCUT2D eigenvalue weighted by Crippen LogP contribution is 2.25. The normalized spacial score (nSPS) is 10.1. The van der Waals surface area contributed by atoms with Crippen molar-refractivity contribution in [1.82, 2.24) is 0 Å². The van der Waals surface area contributed by atoms with Crippen molar-refractivity contribution in [3.05, 3.63) is 58.1 Å². The summed E-state index contributed by atoms with van der Waals surface area (Å²) in [4.78, 5) is 12.1. The fourth-order valence-electron chi connectivity index (χ4n) is 1.70. The maximum absolute atomic E-state index is 12.1. The van der Waals surface area contributed by atoms with Gasteiger partial charge in [-0.3, -0.25) is 4.79 Å². The SMILES string of the molecule is COc1cc(C)ccc1NC(=O)c1ccc(Br)cc1. The van der Waals surface area contributed by atoms with Gasteiger partial charge in [0.25, 0.3) is 5.91 Å². The van der Waals surface area contributed by atoms with Crippen LogP contribution in [-0.4, -0.2) is 13.0 Å². The van der Waals surface area contributed by atoms with Crippen LogP contribution in [0.25, 0.3) is 0 Å². The summed E-state index contributed by atoms with van der Waals surface area (Å²) in [5.41, 5.74) is 2.35. The second-order valence-electron chi connectivity index (χ2n) is 4.16. The van der Waals surface area contributed by atoms with Crippen LogP contribution in [0.3, 0.4) is 0 Å². The molecule has 2 aromatic carbocycles. The molecular weight excluding hydrogens is 306 g/mol. The van der Waals surface area contributed by atoms with Crippen molar-refractivity contribution in [3.63, 3.8) is 0 Å². The Hall–Kier alpha value is -1.81. The quantitative estimate of drug-likeness (QED) is 0.928. The van der Waals surface area contributed by atoms with Crippen LogP contribution in [0.4, 0.5) is 5.69 Å². The minimum Gasteiger partial charge on any atom is -0.495 e. The highest BCUT2D eigenvalue weighted by Gasteiger charge is 2.09. The molecule has 0 fully saturated rings. The molecule has 0 saturated heterocycles. The van der Waals surface area contributed by atoms with Crippen molar-refractivity contribution >= 4 is 27.5 Å². The topological polar surface area (TPSA) is 38.3 Å². The second kappa shape index (κ2) is 5.89. The Morgan fingerprint density at radius 2 is 1.84 bits per heavy atom. The number of carbonyl (C=O) groups excluding carboxylic acids is 1. The number of amides is 1. The average molecular weight is 320 g/mol. The highest BCUT2D eigenvalue weighted by molar-refractivity contribution is 9.10. The molecule has 1 amide bonds. The largest absolute Gasteiger partial charge is 0.495 e. The maximum Gasteiger partial charge on any atom is 0.255 e. The number of carbonyl (C=O) groups is 1. The van der Waals surface area contributed by atoms with E-state index in [1.165, 1.54) is 0 Å². The molecule has 0 saturated carbocycles. The van der Waals surface area contributed by atoms with Gasteiger partial charge in [0.15, 0.2) is 0 Å². The number of halogens is 1. The summed E-state index contributed by atoms with van der Waals surface area (Å²) in [5.74, 6) is 0.500. The van der Waals surface area contributed by atoms with Crippen molar-refractivity contribution < 1.29 is 9.53 Å². The predicted octanol–water partition coefficient (Wildman–Crippen LogP) is 4.02. The number of hydrogen-bond donors (Lipinski definition) is 1. The average Bonchev–Trinajstić information content (AvgIpc) is 2.41. The van der Waals surface area contributed by atoms with Gasteiger partial charge < -0.3 is 10.1 Å². The third-order valence-corrected chi connectivity index (χ3v) is 3.24. The number of nitrogens with one attached hydrogen (secondary N) is 1. The van der Waals surface area contributed by atoms with E-state index in [4.69, 9.17) is 4.74 Å². The molecule has 4 heteroatoms. The molecule has 3 nitrogen and oxygen atoms in total. The number of anilines is 1. The zero-order valence-electron chi connectivity index (χ0n) is 10.7. The molecule has 19 heavy (non-hydrogen) atoms. The molecule has 0 atom stereocenters. The van der Waals surface area contributed by atoms with Crippen LogP contribution in [0.2, 0.25) is 0 Å². The number of methoxy groups -OCH3 is 1. The molecule has 0 radical (unpaired) electrons. The fourth-order valence-corrected chi connectivity index (χ4v) is 1.96. The van der Waals surface area contributed by atoms with E-state index in [-0.39, 0.29) is 5.91 Å². The Bertz CT molecular complexity index is 594. The first-order valence-corrected chi connectivity index (χ1v) is 6.61. The predicted molar refractivity (Wildman–Crippen MR) is 79.8 cm³/mol. The summed E-state index contributed by atoms with van der Waals surface area (Å²) in [6.07, 6.45) is 0. The van der Waals surface area contributed by atoms with Crippen molar-refractivity contribution in [3.8, 4) is 5.75 Å². The Morgan fingerprint density at radius 3 is 2.47 bits per heavy atom. The van der Waals surface area contributed by atoms with Crippen LogP contribution in [-0.2, 0) is 0 Å². The van der Waals surface area contributed by atoms with Gasteiger partial charge in [-0.25, -0.2) is 0 Å². The van der Waals surface area contributed by atoms with Crippen LogP contribution in [0, 0.1) is 6.92 Å². The molecule has 2 rings (SSSR count). The molecule has 2 aromatic rings. The molecule has 0 bridgehead atoms. The van der Waals surface area contributed by atoms with Crippen molar-refractivity contribution in [2.45, 2.75) is 6.92 Å². The summed E-state index contributed by atoms with van der Waals surface area (Å²) < 4.78 is 6.20. The number of hydrogen-bond acceptors (Lipinski definition) is 2. The van der Waals surface area contributed by atoms with Gasteiger partial charge in [0, 0.05) is 10.0 Å². The lowest BCUT2D eigenvalue weighted by molar-refractivity contribution is 0.102. The van der Waals surface area contributed by atoms with E-state index in [2.05, 4.69) is 21.2 Å². The standard InChI is InChI=1S/C15H14BrNO2/c1-10-3-8-13(14(9-10)19-2)17-15(18)11-4-6-12(16)7-5-11/h3-9H,1-2H3,(H,17,18). The van der Waals surface area contributed by atoms with E-state index >= 15 is 0 Å². The second-order valence-corrected chi connectivity index (χ2v) is 5.08. The summed E-state index contributed by atoms with van der Waals surface area (Å²) >= 11 is 3.34.